The number of ether oxygens (including phenoxy) is 4. The van der Waals surface area contributed by atoms with Crippen LogP contribution in [0.5, 0.6) is 0 Å². The molecule has 2 unspecified atom stereocenters. The summed E-state index contributed by atoms with van der Waals surface area (Å²) < 4.78 is 20.0. The SMILES string of the molecule is COC(=O)[C@@H]1C(=O)[C@H](C(=O)OC)C23CCCC/C=C\CCCCC12[C@@H](C(=O)OC)C(=O)[C@H]3C(=O)OC. The number of Topliss-reactive ketones (excluding diaryl/α,β-unsaturated/α-hetero) is 2. The first-order chi connectivity index (χ1) is 17.2. The minimum Gasteiger partial charge on any atom is -0.468 e. The molecule has 0 saturated heterocycles. The lowest BCUT2D eigenvalue weighted by Crippen LogP contribution is -2.52. The van der Waals surface area contributed by atoms with Crippen molar-refractivity contribution < 1.29 is 47.7 Å². The maximum absolute atomic E-state index is 14.0. The summed E-state index contributed by atoms with van der Waals surface area (Å²) in [4.78, 5) is 81.1. The van der Waals surface area contributed by atoms with Gasteiger partial charge in [-0.15, -0.1) is 0 Å². The van der Waals surface area contributed by atoms with Gasteiger partial charge in [0.1, 0.15) is 23.7 Å². The van der Waals surface area contributed by atoms with E-state index in [2.05, 4.69) is 12.2 Å². The largest absolute Gasteiger partial charge is 0.468 e. The van der Waals surface area contributed by atoms with E-state index in [9.17, 15) is 28.8 Å². The quantitative estimate of drug-likeness (QED) is 0.241. The van der Waals surface area contributed by atoms with Crippen molar-refractivity contribution in [2.24, 2.45) is 34.5 Å². The Morgan fingerprint density at radius 3 is 1.11 bits per heavy atom. The molecule has 0 heterocycles. The van der Waals surface area contributed by atoms with Crippen LogP contribution in [0, 0.1) is 34.5 Å². The van der Waals surface area contributed by atoms with Gasteiger partial charge in [0, 0.05) is 10.8 Å². The predicted octanol–water partition coefficient (Wildman–Crippen LogP) is 1.97. The monoisotopic (exact) mass is 506 g/mol. The Bertz CT molecular complexity index is 836. The van der Waals surface area contributed by atoms with Gasteiger partial charge in [0.2, 0.25) is 0 Å². The molecule has 0 bridgehead atoms. The predicted molar refractivity (Wildman–Crippen MR) is 123 cm³/mol. The summed E-state index contributed by atoms with van der Waals surface area (Å²) in [5.41, 5.74) is -3.44. The lowest BCUT2D eigenvalue weighted by molar-refractivity contribution is -0.170. The molecule has 3 aliphatic carbocycles. The third-order valence-corrected chi connectivity index (χ3v) is 8.40. The zero-order chi connectivity index (χ0) is 26.7. The zero-order valence-corrected chi connectivity index (χ0v) is 21.2. The van der Waals surface area contributed by atoms with Crippen molar-refractivity contribution in [3.8, 4) is 0 Å². The Morgan fingerprint density at radius 2 is 0.861 bits per heavy atom. The van der Waals surface area contributed by atoms with E-state index < -0.39 is 69.9 Å². The summed E-state index contributed by atoms with van der Waals surface area (Å²) in [6.07, 6.45) is 7.79. The van der Waals surface area contributed by atoms with Crippen LogP contribution >= 0.6 is 0 Å². The van der Waals surface area contributed by atoms with E-state index in [1.165, 1.54) is 0 Å². The second-order valence-corrected chi connectivity index (χ2v) is 9.67. The van der Waals surface area contributed by atoms with Crippen LogP contribution in [-0.2, 0) is 47.7 Å². The van der Waals surface area contributed by atoms with E-state index in [0.717, 1.165) is 41.3 Å². The molecule has 0 spiro atoms. The molecule has 3 aliphatic rings. The number of allylic oxidation sites excluding steroid dienone is 2. The van der Waals surface area contributed by atoms with Gasteiger partial charge in [0.15, 0.2) is 11.6 Å². The second kappa shape index (κ2) is 10.9. The number of carbonyl (C=O) groups is 6. The van der Waals surface area contributed by atoms with Crippen LogP contribution in [0.3, 0.4) is 0 Å². The first kappa shape index (κ1) is 27.5. The molecule has 2 fully saturated rings. The molecule has 0 aliphatic heterocycles. The van der Waals surface area contributed by atoms with Gasteiger partial charge < -0.3 is 18.9 Å². The molecular formula is C26H34O10. The van der Waals surface area contributed by atoms with Gasteiger partial charge in [-0.25, -0.2) is 0 Å². The molecule has 0 radical (unpaired) electrons. The first-order valence-electron chi connectivity index (χ1n) is 12.2. The molecule has 198 valence electrons. The Kier molecular flexibility index (Phi) is 8.36. The molecule has 0 aromatic rings. The Morgan fingerprint density at radius 1 is 0.583 bits per heavy atom. The standard InChI is InChI=1S/C26H34O10/c1-33-21(29)15-19(27)16(22(30)34-2)26-14-12-10-8-6-5-7-9-11-13-25(15,26)17(23(31)35-3)20(28)18(26)24(32)36-4/h5-6,15-18H,7-14H2,1-4H3/b6-5-/t15-,16+,17+,18-,25?,26?. The topological polar surface area (TPSA) is 139 Å². The Labute approximate surface area is 210 Å². The van der Waals surface area contributed by atoms with Crippen molar-refractivity contribution in [2.45, 2.75) is 51.4 Å². The number of rotatable bonds is 4. The van der Waals surface area contributed by atoms with Crippen LogP contribution < -0.4 is 0 Å². The van der Waals surface area contributed by atoms with E-state index in [4.69, 9.17) is 18.9 Å². The summed E-state index contributed by atoms with van der Waals surface area (Å²) in [5.74, 6) is -12.0. The van der Waals surface area contributed by atoms with Gasteiger partial charge in [-0.2, -0.15) is 0 Å². The fraction of sp³-hybridized carbons (Fsp3) is 0.692. The summed E-state index contributed by atoms with van der Waals surface area (Å²) in [5, 5.41) is 0. The van der Waals surface area contributed by atoms with E-state index in [1.807, 2.05) is 0 Å². The van der Waals surface area contributed by atoms with E-state index in [0.29, 0.717) is 25.7 Å². The molecule has 0 aromatic carbocycles. The lowest BCUT2D eigenvalue weighted by Gasteiger charge is -2.47. The van der Waals surface area contributed by atoms with Crippen molar-refractivity contribution in [3.05, 3.63) is 12.2 Å². The smallest absolute Gasteiger partial charge is 0.316 e. The highest BCUT2D eigenvalue weighted by Crippen LogP contribution is 2.74. The number of hydrogen-bond donors (Lipinski definition) is 0. The van der Waals surface area contributed by atoms with E-state index in [-0.39, 0.29) is 12.8 Å². The van der Waals surface area contributed by atoms with Crippen LogP contribution in [0.1, 0.15) is 51.4 Å². The number of ketones is 2. The van der Waals surface area contributed by atoms with Gasteiger partial charge >= 0.3 is 23.9 Å². The van der Waals surface area contributed by atoms with E-state index >= 15 is 0 Å². The minimum atomic E-state index is -1.72. The number of methoxy groups -OCH3 is 4. The van der Waals surface area contributed by atoms with Crippen LogP contribution in [0.4, 0.5) is 0 Å². The van der Waals surface area contributed by atoms with Gasteiger partial charge in [0.25, 0.3) is 0 Å². The molecule has 0 aromatic heterocycles. The summed E-state index contributed by atoms with van der Waals surface area (Å²) >= 11 is 0. The van der Waals surface area contributed by atoms with Gasteiger partial charge in [-0.1, -0.05) is 25.0 Å². The molecular weight excluding hydrogens is 472 g/mol. The normalized spacial score (nSPS) is 35.3. The molecule has 10 heteroatoms. The maximum atomic E-state index is 14.0. The lowest BCUT2D eigenvalue weighted by atomic mass is 9.53. The fourth-order valence-corrected chi connectivity index (χ4v) is 7.17. The van der Waals surface area contributed by atoms with Crippen molar-refractivity contribution in [3.63, 3.8) is 0 Å². The van der Waals surface area contributed by atoms with Crippen molar-refractivity contribution in [1.29, 1.82) is 0 Å². The maximum Gasteiger partial charge on any atom is 0.316 e. The van der Waals surface area contributed by atoms with Crippen molar-refractivity contribution in [2.75, 3.05) is 28.4 Å². The van der Waals surface area contributed by atoms with Crippen LogP contribution in [0.2, 0.25) is 0 Å². The number of esters is 4. The summed E-state index contributed by atoms with van der Waals surface area (Å²) in [6.45, 7) is 0. The molecule has 0 amide bonds. The Balaban J connectivity index is 2.46. The molecule has 3 rings (SSSR count). The molecule has 10 nitrogen and oxygen atoms in total. The van der Waals surface area contributed by atoms with Crippen LogP contribution in [0.25, 0.3) is 0 Å². The highest BCUT2D eigenvalue weighted by Gasteiger charge is 2.85. The summed E-state index contributed by atoms with van der Waals surface area (Å²) in [6, 6.07) is 0. The highest BCUT2D eigenvalue weighted by molar-refractivity contribution is 6.20. The van der Waals surface area contributed by atoms with Crippen molar-refractivity contribution >= 4 is 35.4 Å². The summed E-state index contributed by atoms with van der Waals surface area (Å²) in [7, 11) is 4.39. The number of hydrogen-bond acceptors (Lipinski definition) is 10. The van der Waals surface area contributed by atoms with E-state index in [1.54, 1.807) is 0 Å². The van der Waals surface area contributed by atoms with Crippen LogP contribution in [0.15, 0.2) is 12.2 Å². The average Bonchev–Trinajstić information content (AvgIpc) is 3.20. The molecule has 0 N–H and O–H groups in total. The third-order valence-electron chi connectivity index (χ3n) is 8.40. The van der Waals surface area contributed by atoms with Gasteiger partial charge in [-0.05, 0) is 38.5 Å². The minimum absolute atomic E-state index is 0.0544. The fourth-order valence-electron chi connectivity index (χ4n) is 7.17. The Hall–Kier alpha value is -3.04. The van der Waals surface area contributed by atoms with Crippen LogP contribution in [-0.4, -0.2) is 63.9 Å². The molecule has 6 atom stereocenters. The zero-order valence-electron chi connectivity index (χ0n) is 21.2. The van der Waals surface area contributed by atoms with Gasteiger partial charge in [-0.3, -0.25) is 28.8 Å². The highest BCUT2D eigenvalue weighted by atomic mass is 16.5. The number of carbonyl (C=O) groups excluding carboxylic acids is 6. The average molecular weight is 507 g/mol. The van der Waals surface area contributed by atoms with Gasteiger partial charge in [0.05, 0.1) is 28.4 Å². The molecule has 2 saturated carbocycles. The third kappa shape index (κ3) is 3.85. The molecule has 36 heavy (non-hydrogen) atoms. The first-order valence-corrected chi connectivity index (χ1v) is 12.2. The second-order valence-electron chi connectivity index (χ2n) is 9.67. The van der Waals surface area contributed by atoms with Crippen molar-refractivity contribution in [1.82, 2.24) is 0 Å².